The maximum absolute atomic E-state index is 11.4. The highest BCUT2D eigenvalue weighted by Crippen LogP contribution is 1.97. The molecule has 0 rings (SSSR count). The monoisotopic (exact) mass is 264 g/mol. The Hall–Kier alpha value is -0.620. The summed E-state index contributed by atoms with van der Waals surface area (Å²) in [6.07, 6.45) is 0.365. The Kier molecular flexibility index (Phi) is 6.70. The minimum Gasteiger partial charge on any atom is -0.355 e. The van der Waals surface area contributed by atoms with Crippen molar-refractivity contribution in [3.05, 3.63) is 0 Å². The van der Waals surface area contributed by atoms with E-state index in [0.717, 1.165) is 0 Å². The zero-order valence-electron chi connectivity index (χ0n) is 11.2. The van der Waals surface area contributed by atoms with Gasteiger partial charge in [0, 0.05) is 30.8 Å². The summed E-state index contributed by atoms with van der Waals surface area (Å²) in [7, 11) is -2.99. The van der Waals surface area contributed by atoms with E-state index in [0.29, 0.717) is 13.0 Å². The quantitative estimate of drug-likeness (QED) is 0.694. The maximum Gasteiger partial charge on any atom is 0.221 e. The van der Waals surface area contributed by atoms with Gasteiger partial charge in [0.15, 0.2) is 9.84 Å². The van der Waals surface area contributed by atoms with Crippen LogP contribution in [0.25, 0.3) is 0 Å². The Bertz CT molecular complexity index is 331. The summed E-state index contributed by atoms with van der Waals surface area (Å²) in [6, 6.07) is 0. The first kappa shape index (κ1) is 16.4. The van der Waals surface area contributed by atoms with Crippen molar-refractivity contribution < 1.29 is 13.2 Å². The van der Waals surface area contributed by atoms with Crippen molar-refractivity contribution in [1.29, 1.82) is 0 Å². The summed E-state index contributed by atoms with van der Waals surface area (Å²) in [5.41, 5.74) is -0.00811. The Labute approximate surface area is 104 Å². The highest BCUT2D eigenvalue weighted by molar-refractivity contribution is 7.91. The third kappa shape index (κ3) is 10.3. The highest BCUT2D eigenvalue weighted by atomic mass is 32.2. The van der Waals surface area contributed by atoms with Crippen molar-refractivity contribution in [3.8, 4) is 0 Å². The summed E-state index contributed by atoms with van der Waals surface area (Å²) >= 11 is 0. The summed E-state index contributed by atoms with van der Waals surface area (Å²) < 4.78 is 22.3. The van der Waals surface area contributed by atoms with Gasteiger partial charge in [0.1, 0.15) is 0 Å². The molecule has 0 aliphatic heterocycles. The minimum absolute atomic E-state index is 0.00811. The molecule has 5 nitrogen and oxygen atoms in total. The van der Waals surface area contributed by atoms with Crippen molar-refractivity contribution in [3.63, 3.8) is 0 Å². The molecule has 0 aromatic rings. The van der Waals surface area contributed by atoms with Gasteiger partial charge in [-0.1, -0.05) is 6.92 Å². The Morgan fingerprint density at radius 1 is 1.18 bits per heavy atom. The van der Waals surface area contributed by atoms with Gasteiger partial charge in [-0.05, 0) is 20.8 Å². The molecule has 0 aliphatic rings. The largest absolute Gasteiger partial charge is 0.355 e. The van der Waals surface area contributed by atoms with Crippen LogP contribution in [0.5, 0.6) is 0 Å². The highest BCUT2D eigenvalue weighted by Gasteiger charge is 2.10. The molecule has 0 aliphatic carbocycles. The lowest BCUT2D eigenvalue weighted by Crippen LogP contribution is -2.39. The van der Waals surface area contributed by atoms with Crippen molar-refractivity contribution >= 4 is 15.7 Å². The van der Waals surface area contributed by atoms with Crippen molar-refractivity contribution in [2.75, 3.05) is 24.6 Å². The number of nitrogens with one attached hydrogen (secondary N) is 2. The number of rotatable bonds is 7. The van der Waals surface area contributed by atoms with E-state index in [1.54, 1.807) is 6.92 Å². The van der Waals surface area contributed by atoms with Gasteiger partial charge in [-0.3, -0.25) is 4.79 Å². The predicted molar refractivity (Wildman–Crippen MR) is 69.7 cm³/mol. The van der Waals surface area contributed by atoms with Crippen molar-refractivity contribution in [1.82, 2.24) is 10.6 Å². The lowest BCUT2D eigenvalue weighted by Gasteiger charge is -2.20. The maximum atomic E-state index is 11.4. The normalized spacial score (nSPS) is 12.5. The molecule has 0 spiro atoms. The van der Waals surface area contributed by atoms with E-state index < -0.39 is 9.84 Å². The standard InChI is InChI=1S/C11H24N2O3S/c1-5-17(15,16)9-8-12-10(14)6-7-13-11(2,3)4/h13H,5-9H2,1-4H3,(H,12,14). The second-order valence-corrected chi connectivity index (χ2v) is 7.49. The zero-order valence-corrected chi connectivity index (χ0v) is 12.0. The molecule has 0 radical (unpaired) electrons. The first-order valence-electron chi connectivity index (χ1n) is 5.88. The van der Waals surface area contributed by atoms with Gasteiger partial charge in [-0.15, -0.1) is 0 Å². The van der Waals surface area contributed by atoms with Crippen molar-refractivity contribution in [2.45, 2.75) is 39.7 Å². The van der Waals surface area contributed by atoms with Gasteiger partial charge in [-0.2, -0.15) is 0 Å². The van der Waals surface area contributed by atoms with Gasteiger partial charge < -0.3 is 10.6 Å². The molecule has 1 amide bonds. The van der Waals surface area contributed by atoms with Crippen LogP contribution in [0.15, 0.2) is 0 Å². The van der Waals surface area contributed by atoms with E-state index in [1.807, 2.05) is 20.8 Å². The molecule has 0 heterocycles. The zero-order chi connectivity index (χ0) is 13.5. The molecule has 0 fully saturated rings. The fourth-order valence-electron chi connectivity index (χ4n) is 1.13. The predicted octanol–water partition coefficient (Wildman–Crippen LogP) is 0.316. The van der Waals surface area contributed by atoms with Gasteiger partial charge in [0.05, 0.1) is 5.75 Å². The van der Waals surface area contributed by atoms with Crippen LogP contribution in [0.4, 0.5) is 0 Å². The van der Waals surface area contributed by atoms with Crippen LogP contribution in [-0.4, -0.2) is 44.5 Å². The smallest absolute Gasteiger partial charge is 0.221 e. The molecule has 17 heavy (non-hydrogen) atoms. The number of carbonyl (C=O) groups excluding carboxylic acids is 1. The van der Waals surface area contributed by atoms with Crippen LogP contribution >= 0.6 is 0 Å². The molecule has 0 unspecified atom stereocenters. The summed E-state index contributed by atoms with van der Waals surface area (Å²) in [6.45, 7) is 8.47. The van der Waals surface area contributed by atoms with Crippen LogP contribution in [-0.2, 0) is 14.6 Å². The third-order valence-electron chi connectivity index (χ3n) is 2.18. The number of sulfone groups is 1. The van der Waals surface area contributed by atoms with Crippen molar-refractivity contribution in [2.24, 2.45) is 0 Å². The minimum atomic E-state index is -2.99. The number of carbonyl (C=O) groups is 1. The van der Waals surface area contributed by atoms with Gasteiger partial charge in [0.25, 0.3) is 0 Å². The first-order chi connectivity index (χ1) is 7.66. The molecule has 0 saturated carbocycles. The van der Waals surface area contributed by atoms with Crippen LogP contribution in [0, 0.1) is 0 Å². The Balaban J connectivity index is 3.68. The lowest BCUT2D eigenvalue weighted by molar-refractivity contribution is -0.120. The van der Waals surface area contributed by atoms with E-state index >= 15 is 0 Å². The third-order valence-corrected chi connectivity index (χ3v) is 3.89. The SMILES string of the molecule is CCS(=O)(=O)CCNC(=O)CCNC(C)(C)C. The summed E-state index contributed by atoms with van der Waals surface area (Å²) in [4.78, 5) is 11.4. The second-order valence-electron chi connectivity index (χ2n) is 5.01. The van der Waals surface area contributed by atoms with Gasteiger partial charge >= 0.3 is 0 Å². The molecular formula is C11H24N2O3S. The Morgan fingerprint density at radius 3 is 2.24 bits per heavy atom. The number of hydrogen-bond donors (Lipinski definition) is 2. The lowest BCUT2D eigenvalue weighted by atomic mass is 10.1. The van der Waals surface area contributed by atoms with Gasteiger partial charge in [-0.25, -0.2) is 8.42 Å². The molecule has 0 bridgehead atoms. The molecular weight excluding hydrogens is 240 g/mol. The molecule has 0 atom stereocenters. The Morgan fingerprint density at radius 2 is 1.76 bits per heavy atom. The van der Waals surface area contributed by atoms with E-state index in [1.165, 1.54) is 0 Å². The molecule has 0 aromatic carbocycles. The van der Waals surface area contributed by atoms with E-state index in [9.17, 15) is 13.2 Å². The molecule has 102 valence electrons. The van der Waals surface area contributed by atoms with Crippen LogP contribution in [0.1, 0.15) is 34.1 Å². The fraction of sp³-hybridized carbons (Fsp3) is 0.909. The van der Waals surface area contributed by atoms with Crippen LogP contribution < -0.4 is 10.6 Å². The average molecular weight is 264 g/mol. The molecule has 6 heteroatoms. The summed E-state index contributed by atoms with van der Waals surface area (Å²) in [5.74, 6) is 0.0178. The number of hydrogen-bond acceptors (Lipinski definition) is 4. The average Bonchev–Trinajstić information content (AvgIpc) is 2.15. The topological polar surface area (TPSA) is 75.3 Å². The fourth-order valence-corrected chi connectivity index (χ4v) is 1.83. The summed E-state index contributed by atoms with van der Waals surface area (Å²) in [5, 5.41) is 5.79. The van der Waals surface area contributed by atoms with E-state index in [4.69, 9.17) is 0 Å². The second kappa shape index (κ2) is 6.96. The number of amides is 1. The molecule has 2 N–H and O–H groups in total. The molecule has 0 aromatic heterocycles. The molecule has 0 saturated heterocycles. The first-order valence-corrected chi connectivity index (χ1v) is 7.70. The van der Waals surface area contributed by atoms with Crippen LogP contribution in [0.2, 0.25) is 0 Å². The van der Waals surface area contributed by atoms with Crippen LogP contribution in [0.3, 0.4) is 0 Å². The van der Waals surface area contributed by atoms with E-state index in [-0.39, 0.29) is 29.5 Å². The van der Waals surface area contributed by atoms with Gasteiger partial charge in [0.2, 0.25) is 5.91 Å². The van der Waals surface area contributed by atoms with E-state index in [2.05, 4.69) is 10.6 Å².